The van der Waals surface area contributed by atoms with E-state index in [9.17, 15) is 19.7 Å². The van der Waals surface area contributed by atoms with Gasteiger partial charge >= 0.3 is 5.63 Å². The summed E-state index contributed by atoms with van der Waals surface area (Å²) in [7, 11) is 0. The largest absolute Gasteiger partial charge is 0.422 e. The summed E-state index contributed by atoms with van der Waals surface area (Å²) in [6, 6.07) is 5.02. The predicted octanol–water partition coefficient (Wildman–Crippen LogP) is 2.23. The summed E-state index contributed by atoms with van der Waals surface area (Å²) in [6.45, 7) is 3.45. The topological polar surface area (TPSA) is 102 Å². The third kappa shape index (κ3) is 3.21. The number of nitro benzene ring substituents is 1. The first kappa shape index (κ1) is 16.2. The summed E-state index contributed by atoms with van der Waals surface area (Å²) in [4.78, 5) is 34.4. The number of nitrogens with zero attached hydrogens (tertiary/aromatic N) is 1. The molecule has 1 heterocycles. The van der Waals surface area contributed by atoms with E-state index in [1.54, 1.807) is 13.8 Å². The summed E-state index contributed by atoms with van der Waals surface area (Å²) in [6.07, 6.45) is 5.86. The van der Waals surface area contributed by atoms with Crippen molar-refractivity contribution in [3.63, 3.8) is 0 Å². The average Bonchev–Trinajstić information content (AvgIpc) is 2.53. The van der Waals surface area contributed by atoms with Gasteiger partial charge in [0.2, 0.25) is 0 Å². The number of fused-ring (bicyclic) bond motifs is 1. The van der Waals surface area contributed by atoms with Gasteiger partial charge in [-0.1, -0.05) is 12.8 Å². The first-order valence-corrected chi connectivity index (χ1v) is 6.82. The zero-order valence-corrected chi connectivity index (χ0v) is 12.6. The number of carbonyl (C=O) groups excluding carboxylic acids is 1. The number of hydrogen-bond donors (Lipinski definition) is 1. The number of non-ortho nitro benzene ring substituents is 1. The number of carbonyl (C=O) groups is 1. The molecule has 23 heavy (non-hydrogen) atoms. The maximum Gasteiger partial charge on any atom is 0.349 e. The zero-order chi connectivity index (χ0) is 17.2. The maximum absolute atomic E-state index is 12.3. The van der Waals surface area contributed by atoms with Gasteiger partial charge in [0.1, 0.15) is 11.1 Å². The molecule has 1 N–H and O–H groups in total. The molecule has 7 nitrogen and oxygen atoms in total. The van der Waals surface area contributed by atoms with Crippen molar-refractivity contribution in [3.8, 4) is 12.3 Å². The standard InChI is InChI=1S/C16H14N2O5/c1-4-16(3,5-2)17-14(19)12-9-10-8-11(18(21)22)6-7-13(10)23-15(12)20/h1,6-9H,5H2,2-3H3,(H,17,19)/t16-/m0/s1. The number of amides is 1. The van der Waals surface area contributed by atoms with Crippen LogP contribution in [0.2, 0.25) is 0 Å². The van der Waals surface area contributed by atoms with Crippen molar-refractivity contribution in [2.24, 2.45) is 0 Å². The van der Waals surface area contributed by atoms with Gasteiger partial charge in [-0.15, -0.1) is 6.42 Å². The van der Waals surface area contributed by atoms with Crippen LogP contribution in [0, 0.1) is 22.5 Å². The lowest BCUT2D eigenvalue weighted by atomic mass is 9.99. The fraction of sp³-hybridized carbons (Fsp3) is 0.250. The highest BCUT2D eigenvalue weighted by atomic mass is 16.6. The molecule has 1 amide bonds. The van der Waals surface area contributed by atoms with Gasteiger partial charge in [0.15, 0.2) is 0 Å². The normalized spacial score (nSPS) is 13.1. The van der Waals surface area contributed by atoms with E-state index in [4.69, 9.17) is 10.8 Å². The molecule has 7 heteroatoms. The molecular weight excluding hydrogens is 300 g/mol. The lowest BCUT2D eigenvalue weighted by Gasteiger charge is -2.23. The number of nitrogens with one attached hydrogen (secondary N) is 1. The Hall–Kier alpha value is -3.14. The smallest absolute Gasteiger partial charge is 0.349 e. The minimum absolute atomic E-state index is 0.160. The zero-order valence-electron chi connectivity index (χ0n) is 12.6. The van der Waals surface area contributed by atoms with Crippen molar-refractivity contribution in [2.75, 3.05) is 0 Å². The molecule has 0 saturated heterocycles. The van der Waals surface area contributed by atoms with Crippen LogP contribution in [-0.4, -0.2) is 16.4 Å². The Morgan fingerprint density at radius 3 is 2.74 bits per heavy atom. The number of rotatable bonds is 4. The van der Waals surface area contributed by atoms with Crippen molar-refractivity contribution >= 4 is 22.6 Å². The molecule has 0 aliphatic rings. The molecule has 0 aliphatic heterocycles. The van der Waals surface area contributed by atoms with E-state index in [1.165, 1.54) is 24.3 Å². The number of benzene rings is 1. The Kier molecular flexibility index (Phi) is 4.18. The summed E-state index contributed by atoms with van der Waals surface area (Å²) in [5.74, 6) is 1.77. The molecule has 2 rings (SSSR count). The van der Waals surface area contributed by atoms with Crippen LogP contribution in [0.1, 0.15) is 30.6 Å². The fourth-order valence-corrected chi connectivity index (χ4v) is 1.93. The Bertz CT molecular complexity index is 893. The van der Waals surface area contributed by atoms with Gasteiger partial charge in [-0.2, -0.15) is 0 Å². The Morgan fingerprint density at radius 2 is 2.17 bits per heavy atom. The first-order chi connectivity index (χ1) is 10.8. The van der Waals surface area contributed by atoms with E-state index in [-0.39, 0.29) is 22.2 Å². The van der Waals surface area contributed by atoms with E-state index in [0.717, 1.165) is 0 Å². The number of hydrogen-bond acceptors (Lipinski definition) is 5. The van der Waals surface area contributed by atoms with Crippen molar-refractivity contribution in [2.45, 2.75) is 25.8 Å². The molecule has 1 atom stereocenters. The van der Waals surface area contributed by atoms with Gasteiger partial charge in [-0.05, 0) is 25.5 Å². The highest BCUT2D eigenvalue weighted by Gasteiger charge is 2.24. The van der Waals surface area contributed by atoms with Crippen LogP contribution >= 0.6 is 0 Å². The third-order valence-corrected chi connectivity index (χ3v) is 3.59. The average molecular weight is 314 g/mol. The molecule has 0 spiro atoms. The highest BCUT2D eigenvalue weighted by molar-refractivity contribution is 5.97. The Morgan fingerprint density at radius 1 is 1.48 bits per heavy atom. The summed E-state index contributed by atoms with van der Waals surface area (Å²) in [5.41, 5.74) is -2.00. The quantitative estimate of drug-likeness (QED) is 0.403. The first-order valence-electron chi connectivity index (χ1n) is 6.82. The van der Waals surface area contributed by atoms with Gasteiger partial charge in [-0.25, -0.2) is 4.79 Å². The van der Waals surface area contributed by atoms with Crippen molar-refractivity contribution in [1.29, 1.82) is 0 Å². The van der Waals surface area contributed by atoms with Crippen LogP contribution in [0.5, 0.6) is 0 Å². The van der Waals surface area contributed by atoms with Crippen LogP contribution < -0.4 is 10.9 Å². The Labute approximate surface area is 131 Å². The monoisotopic (exact) mass is 314 g/mol. The summed E-state index contributed by atoms with van der Waals surface area (Å²) < 4.78 is 5.04. The summed E-state index contributed by atoms with van der Waals surface area (Å²) >= 11 is 0. The predicted molar refractivity (Wildman–Crippen MR) is 84.1 cm³/mol. The molecule has 1 aromatic carbocycles. The van der Waals surface area contributed by atoms with Crippen LogP contribution in [0.15, 0.2) is 33.5 Å². The second-order valence-corrected chi connectivity index (χ2v) is 5.21. The minimum atomic E-state index is -0.902. The number of nitro groups is 1. The van der Waals surface area contributed by atoms with Gasteiger partial charge in [-0.3, -0.25) is 14.9 Å². The molecule has 1 aromatic heterocycles. The molecule has 0 unspecified atom stereocenters. The van der Waals surface area contributed by atoms with Crippen molar-refractivity contribution < 1.29 is 14.1 Å². The number of terminal acetylenes is 1. The molecule has 0 bridgehead atoms. The second kappa shape index (κ2) is 5.93. The van der Waals surface area contributed by atoms with Gasteiger partial charge in [0.25, 0.3) is 11.6 Å². The summed E-state index contributed by atoms with van der Waals surface area (Å²) in [5, 5.41) is 13.7. The lowest BCUT2D eigenvalue weighted by Crippen LogP contribution is -2.45. The lowest BCUT2D eigenvalue weighted by molar-refractivity contribution is -0.384. The molecular formula is C16H14N2O5. The van der Waals surface area contributed by atoms with Crippen molar-refractivity contribution in [3.05, 3.63) is 50.4 Å². The highest BCUT2D eigenvalue weighted by Crippen LogP contribution is 2.20. The van der Waals surface area contributed by atoms with Crippen molar-refractivity contribution in [1.82, 2.24) is 5.32 Å². The third-order valence-electron chi connectivity index (χ3n) is 3.59. The van der Waals surface area contributed by atoms with E-state index < -0.39 is 22.0 Å². The molecule has 0 saturated carbocycles. The van der Waals surface area contributed by atoms with E-state index in [0.29, 0.717) is 6.42 Å². The van der Waals surface area contributed by atoms with Gasteiger partial charge in [0.05, 0.1) is 10.5 Å². The molecule has 2 aromatic rings. The SMILES string of the molecule is C#C[C@@](C)(CC)NC(=O)c1cc2cc([N+](=O)[O-])ccc2oc1=O. The maximum atomic E-state index is 12.3. The van der Waals surface area contributed by atoms with Crippen LogP contribution in [0.3, 0.4) is 0 Å². The van der Waals surface area contributed by atoms with E-state index in [2.05, 4.69) is 11.2 Å². The minimum Gasteiger partial charge on any atom is -0.422 e. The second-order valence-electron chi connectivity index (χ2n) is 5.21. The Balaban J connectivity index is 2.50. The molecule has 0 fully saturated rings. The van der Waals surface area contributed by atoms with Gasteiger partial charge < -0.3 is 9.73 Å². The van der Waals surface area contributed by atoms with Crippen LogP contribution in [0.4, 0.5) is 5.69 Å². The fourth-order valence-electron chi connectivity index (χ4n) is 1.93. The van der Waals surface area contributed by atoms with Gasteiger partial charge in [0, 0.05) is 17.5 Å². The van der Waals surface area contributed by atoms with Crippen LogP contribution in [-0.2, 0) is 0 Å². The molecule has 0 radical (unpaired) electrons. The van der Waals surface area contributed by atoms with E-state index >= 15 is 0 Å². The molecule has 118 valence electrons. The molecule has 0 aliphatic carbocycles. The van der Waals surface area contributed by atoms with Crippen LogP contribution in [0.25, 0.3) is 11.0 Å². The van der Waals surface area contributed by atoms with E-state index in [1.807, 2.05) is 0 Å².